The number of nitrogens with two attached hydrogens (primary N) is 1. The van der Waals surface area contributed by atoms with Gasteiger partial charge in [-0.2, -0.15) is 0 Å². The standard InChI is InChI=1S/C12H15N/c1-9-3-2-4-11-7-10(5-6-13)8-12(9)11/h2-4,8H,5-7,13H2,1H3. The van der Waals surface area contributed by atoms with Crippen molar-refractivity contribution in [3.8, 4) is 0 Å². The molecule has 0 amide bonds. The zero-order chi connectivity index (χ0) is 9.26. The van der Waals surface area contributed by atoms with E-state index in [2.05, 4.69) is 31.2 Å². The van der Waals surface area contributed by atoms with Crippen molar-refractivity contribution >= 4 is 6.08 Å². The summed E-state index contributed by atoms with van der Waals surface area (Å²) in [6.45, 7) is 2.93. The fourth-order valence-electron chi connectivity index (χ4n) is 1.95. The van der Waals surface area contributed by atoms with E-state index in [1.165, 1.54) is 22.3 Å². The molecule has 0 radical (unpaired) electrons. The highest BCUT2D eigenvalue weighted by molar-refractivity contribution is 5.66. The maximum absolute atomic E-state index is 5.54. The molecule has 0 heterocycles. The number of hydrogen-bond acceptors (Lipinski definition) is 1. The molecule has 0 atom stereocenters. The van der Waals surface area contributed by atoms with Crippen molar-refractivity contribution in [1.29, 1.82) is 0 Å². The number of fused-ring (bicyclic) bond motifs is 1. The second-order valence-electron chi connectivity index (χ2n) is 3.67. The molecule has 0 fully saturated rings. The Bertz CT molecular complexity index is 350. The van der Waals surface area contributed by atoms with Gasteiger partial charge in [0.1, 0.15) is 0 Å². The first-order chi connectivity index (χ1) is 6.31. The van der Waals surface area contributed by atoms with Crippen LogP contribution in [-0.4, -0.2) is 6.54 Å². The predicted octanol–water partition coefficient (Wildman–Crippen LogP) is 2.28. The van der Waals surface area contributed by atoms with Gasteiger partial charge in [0.05, 0.1) is 0 Å². The van der Waals surface area contributed by atoms with E-state index in [4.69, 9.17) is 5.73 Å². The van der Waals surface area contributed by atoms with Crippen molar-refractivity contribution in [3.63, 3.8) is 0 Å². The second kappa shape index (κ2) is 3.35. The van der Waals surface area contributed by atoms with Gasteiger partial charge in [0, 0.05) is 0 Å². The molecule has 0 saturated heterocycles. The minimum Gasteiger partial charge on any atom is -0.330 e. The lowest BCUT2D eigenvalue weighted by Gasteiger charge is -2.00. The molecule has 1 aliphatic rings. The molecule has 0 spiro atoms. The van der Waals surface area contributed by atoms with E-state index in [-0.39, 0.29) is 0 Å². The van der Waals surface area contributed by atoms with Crippen molar-refractivity contribution in [1.82, 2.24) is 0 Å². The number of aryl methyl sites for hydroxylation is 1. The molecule has 2 rings (SSSR count). The maximum atomic E-state index is 5.54. The van der Waals surface area contributed by atoms with Crippen LogP contribution in [0.2, 0.25) is 0 Å². The van der Waals surface area contributed by atoms with Crippen LogP contribution in [-0.2, 0) is 6.42 Å². The van der Waals surface area contributed by atoms with Crippen LogP contribution < -0.4 is 5.73 Å². The van der Waals surface area contributed by atoms with Gasteiger partial charge < -0.3 is 5.73 Å². The van der Waals surface area contributed by atoms with Gasteiger partial charge in [-0.3, -0.25) is 0 Å². The van der Waals surface area contributed by atoms with E-state index in [0.717, 1.165) is 19.4 Å². The largest absolute Gasteiger partial charge is 0.330 e. The minimum atomic E-state index is 0.763. The lowest BCUT2D eigenvalue weighted by Crippen LogP contribution is -1.99. The minimum absolute atomic E-state index is 0.763. The molecular formula is C12H15N. The van der Waals surface area contributed by atoms with E-state index in [0.29, 0.717) is 0 Å². The topological polar surface area (TPSA) is 26.0 Å². The van der Waals surface area contributed by atoms with Gasteiger partial charge in [0.15, 0.2) is 0 Å². The number of benzene rings is 1. The summed E-state index contributed by atoms with van der Waals surface area (Å²) >= 11 is 0. The third kappa shape index (κ3) is 1.52. The molecule has 13 heavy (non-hydrogen) atoms. The maximum Gasteiger partial charge on any atom is -0.00397 e. The summed E-state index contributed by atoms with van der Waals surface area (Å²) in [5, 5.41) is 0. The molecule has 0 saturated carbocycles. The Balaban J connectivity index is 2.32. The van der Waals surface area contributed by atoms with E-state index < -0.39 is 0 Å². The van der Waals surface area contributed by atoms with E-state index in [9.17, 15) is 0 Å². The molecular weight excluding hydrogens is 158 g/mol. The average Bonchev–Trinajstić information content (AvgIpc) is 2.49. The Hall–Kier alpha value is -1.08. The van der Waals surface area contributed by atoms with Crippen LogP contribution in [0.1, 0.15) is 23.1 Å². The molecule has 2 N–H and O–H groups in total. The van der Waals surface area contributed by atoms with Crippen molar-refractivity contribution in [2.45, 2.75) is 19.8 Å². The van der Waals surface area contributed by atoms with Crippen LogP contribution >= 0.6 is 0 Å². The van der Waals surface area contributed by atoms with Crippen molar-refractivity contribution in [2.75, 3.05) is 6.54 Å². The van der Waals surface area contributed by atoms with Gasteiger partial charge in [0.25, 0.3) is 0 Å². The Morgan fingerprint density at radius 3 is 2.92 bits per heavy atom. The Kier molecular flexibility index (Phi) is 2.19. The number of rotatable bonds is 2. The van der Waals surface area contributed by atoms with Crippen LogP contribution in [0.15, 0.2) is 23.8 Å². The van der Waals surface area contributed by atoms with Crippen LogP contribution in [0, 0.1) is 6.92 Å². The van der Waals surface area contributed by atoms with Gasteiger partial charge in [-0.15, -0.1) is 0 Å². The van der Waals surface area contributed by atoms with Gasteiger partial charge in [-0.1, -0.05) is 29.8 Å². The Morgan fingerprint density at radius 1 is 1.38 bits per heavy atom. The SMILES string of the molecule is Cc1cccc2c1C=C(CCN)C2. The predicted molar refractivity (Wildman–Crippen MR) is 56.5 cm³/mol. The summed E-state index contributed by atoms with van der Waals surface area (Å²) in [7, 11) is 0. The highest BCUT2D eigenvalue weighted by atomic mass is 14.5. The third-order valence-electron chi connectivity index (χ3n) is 2.65. The summed E-state index contributed by atoms with van der Waals surface area (Å²) in [6.07, 6.45) is 4.44. The molecule has 0 bridgehead atoms. The molecule has 0 aliphatic heterocycles. The van der Waals surface area contributed by atoms with Gasteiger partial charge in [-0.25, -0.2) is 0 Å². The summed E-state index contributed by atoms with van der Waals surface area (Å²) in [6, 6.07) is 6.51. The molecule has 1 aromatic carbocycles. The lowest BCUT2D eigenvalue weighted by atomic mass is 10.0. The average molecular weight is 173 g/mol. The van der Waals surface area contributed by atoms with E-state index in [1.807, 2.05) is 0 Å². The monoisotopic (exact) mass is 173 g/mol. The molecule has 0 aromatic heterocycles. The van der Waals surface area contributed by atoms with Crippen molar-refractivity contribution in [3.05, 3.63) is 40.5 Å². The summed E-state index contributed by atoms with van der Waals surface area (Å²) in [4.78, 5) is 0. The van der Waals surface area contributed by atoms with Crippen LogP contribution in [0.3, 0.4) is 0 Å². The van der Waals surface area contributed by atoms with E-state index in [1.54, 1.807) is 0 Å². The van der Waals surface area contributed by atoms with Crippen LogP contribution in [0.25, 0.3) is 6.08 Å². The van der Waals surface area contributed by atoms with Crippen molar-refractivity contribution < 1.29 is 0 Å². The first-order valence-corrected chi connectivity index (χ1v) is 4.79. The Morgan fingerprint density at radius 2 is 2.23 bits per heavy atom. The zero-order valence-electron chi connectivity index (χ0n) is 8.01. The molecule has 0 unspecified atom stereocenters. The van der Waals surface area contributed by atoms with Gasteiger partial charge in [-0.05, 0) is 43.0 Å². The highest BCUT2D eigenvalue weighted by Gasteiger charge is 2.12. The summed E-state index contributed by atoms with van der Waals surface area (Å²) < 4.78 is 0. The fraction of sp³-hybridized carbons (Fsp3) is 0.333. The third-order valence-corrected chi connectivity index (χ3v) is 2.65. The van der Waals surface area contributed by atoms with Crippen LogP contribution in [0.4, 0.5) is 0 Å². The second-order valence-corrected chi connectivity index (χ2v) is 3.67. The number of hydrogen-bond donors (Lipinski definition) is 1. The molecule has 68 valence electrons. The molecule has 1 aromatic rings. The molecule has 1 nitrogen and oxygen atoms in total. The molecule has 1 aliphatic carbocycles. The smallest absolute Gasteiger partial charge is 0.00397 e. The van der Waals surface area contributed by atoms with Crippen molar-refractivity contribution in [2.24, 2.45) is 5.73 Å². The first-order valence-electron chi connectivity index (χ1n) is 4.79. The first kappa shape index (κ1) is 8.52. The lowest BCUT2D eigenvalue weighted by molar-refractivity contribution is 0.927. The van der Waals surface area contributed by atoms with Crippen LogP contribution in [0.5, 0.6) is 0 Å². The quantitative estimate of drug-likeness (QED) is 0.729. The fourth-order valence-corrected chi connectivity index (χ4v) is 1.95. The molecule has 1 heteroatoms. The summed E-state index contributed by atoms with van der Waals surface area (Å²) in [5.74, 6) is 0. The zero-order valence-corrected chi connectivity index (χ0v) is 8.01. The van der Waals surface area contributed by atoms with Gasteiger partial charge in [0.2, 0.25) is 0 Å². The Labute approximate surface area is 79.3 Å². The summed E-state index contributed by atoms with van der Waals surface area (Å²) in [5.41, 5.74) is 11.3. The highest BCUT2D eigenvalue weighted by Crippen LogP contribution is 2.28. The van der Waals surface area contributed by atoms with Gasteiger partial charge >= 0.3 is 0 Å². The normalized spacial score (nSPS) is 14.2. The van der Waals surface area contributed by atoms with E-state index >= 15 is 0 Å².